The molecule has 3 aliphatic rings. The first-order valence-electron chi connectivity index (χ1n) is 11.8. The molecule has 1 atom stereocenters. The van der Waals surface area contributed by atoms with E-state index in [-0.39, 0.29) is 11.5 Å². The van der Waals surface area contributed by atoms with E-state index in [2.05, 4.69) is 51.7 Å². The summed E-state index contributed by atoms with van der Waals surface area (Å²) in [7, 11) is 0. The number of rotatable bonds is 7. The lowest BCUT2D eigenvalue weighted by Crippen LogP contribution is -2.56. The summed E-state index contributed by atoms with van der Waals surface area (Å²) in [5.41, 5.74) is 8.60. The van der Waals surface area contributed by atoms with Crippen molar-refractivity contribution >= 4 is 17.7 Å². The predicted molar refractivity (Wildman–Crippen MR) is 131 cm³/mol. The Morgan fingerprint density at radius 2 is 2.06 bits per heavy atom. The summed E-state index contributed by atoms with van der Waals surface area (Å²) < 4.78 is 0. The summed E-state index contributed by atoms with van der Waals surface area (Å²) in [6.45, 7) is 13.3. The third-order valence-corrected chi connectivity index (χ3v) is 6.88. The molecule has 1 aromatic rings. The molecule has 0 amide bonds. The van der Waals surface area contributed by atoms with Crippen molar-refractivity contribution in [1.29, 1.82) is 0 Å². The van der Waals surface area contributed by atoms with Gasteiger partial charge >= 0.3 is 0 Å². The SMILES string of the molecule is CCON1CC2(CC[C@@H](N3CCN(c4ncccc4/C(N)=C/C=NC(C)C)CC3)C2)C1.O. The van der Waals surface area contributed by atoms with Gasteiger partial charge in [-0.25, -0.2) is 4.98 Å². The van der Waals surface area contributed by atoms with Crippen LogP contribution in [-0.4, -0.2) is 84.6 Å². The average molecular weight is 445 g/mol. The van der Waals surface area contributed by atoms with Gasteiger partial charge in [0.15, 0.2) is 0 Å². The molecule has 2 saturated heterocycles. The number of allylic oxidation sites excluding steroid dienone is 1. The molecule has 1 aliphatic carbocycles. The van der Waals surface area contributed by atoms with Crippen LogP contribution in [-0.2, 0) is 4.84 Å². The van der Waals surface area contributed by atoms with Crippen molar-refractivity contribution in [2.75, 3.05) is 50.8 Å². The van der Waals surface area contributed by atoms with Gasteiger partial charge in [0.25, 0.3) is 0 Å². The number of hydroxylamine groups is 2. The molecular weight excluding hydrogens is 404 g/mol. The van der Waals surface area contributed by atoms with Crippen molar-refractivity contribution in [3.8, 4) is 0 Å². The largest absolute Gasteiger partial charge is 0.412 e. The molecule has 0 bridgehead atoms. The molecule has 3 heterocycles. The Morgan fingerprint density at radius 1 is 1.31 bits per heavy atom. The van der Waals surface area contributed by atoms with E-state index in [1.54, 1.807) is 6.21 Å². The van der Waals surface area contributed by atoms with Gasteiger partial charge in [0.1, 0.15) is 5.82 Å². The highest BCUT2D eigenvalue weighted by Crippen LogP contribution is 2.47. The van der Waals surface area contributed by atoms with Gasteiger partial charge in [-0.05, 0) is 58.2 Å². The van der Waals surface area contributed by atoms with Crippen LogP contribution in [0.15, 0.2) is 29.4 Å². The topological polar surface area (TPSA) is 102 Å². The van der Waals surface area contributed by atoms with E-state index in [0.29, 0.717) is 11.5 Å². The first kappa shape index (κ1) is 24.6. The van der Waals surface area contributed by atoms with Crippen molar-refractivity contribution in [2.45, 2.75) is 52.1 Å². The molecule has 8 heteroatoms. The summed E-state index contributed by atoms with van der Waals surface area (Å²) in [6, 6.07) is 5.00. The molecule has 32 heavy (non-hydrogen) atoms. The molecule has 0 radical (unpaired) electrons. The fraction of sp³-hybridized carbons (Fsp3) is 0.667. The molecule has 178 valence electrons. The number of piperazine rings is 1. The van der Waals surface area contributed by atoms with E-state index in [1.165, 1.54) is 19.3 Å². The fourth-order valence-electron chi connectivity index (χ4n) is 5.31. The third kappa shape index (κ3) is 5.49. The van der Waals surface area contributed by atoms with Crippen LogP contribution in [0.1, 0.15) is 45.6 Å². The smallest absolute Gasteiger partial charge is 0.137 e. The van der Waals surface area contributed by atoms with Crippen LogP contribution in [0, 0.1) is 5.41 Å². The number of aliphatic imine (C=N–C) groups is 1. The van der Waals surface area contributed by atoms with Crippen molar-refractivity contribution in [1.82, 2.24) is 14.9 Å². The monoisotopic (exact) mass is 444 g/mol. The van der Waals surface area contributed by atoms with E-state index in [4.69, 9.17) is 10.6 Å². The lowest BCUT2D eigenvalue weighted by molar-refractivity contribution is -0.246. The fourth-order valence-corrected chi connectivity index (χ4v) is 5.31. The highest BCUT2D eigenvalue weighted by atomic mass is 16.7. The van der Waals surface area contributed by atoms with Crippen LogP contribution in [0.2, 0.25) is 0 Å². The van der Waals surface area contributed by atoms with Crippen LogP contribution in [0.5, 0.6) is 0 Å². The molecule has 1 aromatic heterocycles. The maximum atomic E-state index is 6.38. The van der Waals surface area contributed by atoms with Gasteiger partial charge in [0.2, 0.25) is 0 Å². The standard InChI is InChI=1S/C24H38N6O.H2O/c1-4-31-30-17-24(18-30)9-7-20(16-24)28-12-14-29(15-13-28)23-21(6-5-10-27-23)22(25)8-11-26-19(2)3;/h5-6,8,10-11,19-20H,4,7,9,12-18,25H2,1-3H3;1H2/b22-8-,26-11?;/t20-;/m1./s1. The average Bonchev–Trinajstić information content (AvgIpc) is 3.19. The molecule has 1 spiro atoms. The molecule has 2 aliphatic heterocycles. The molecule has 8 nitrogen and oxygen atoms in total. The molecule has 0 aromatic carbocycles. The van der Waals surface area contributed by atoms with Crippen LogP contribution >= 0.6 is 0 Å². The van der Waals surface area contributed by atoms with Gasteiger partial charge in [0, 0.05) is 80.4 Å². The number of nitrogens with two attached hydrogens (primary N) is 1. The number of pyridine rings is 1. The molecule has 4 N–H and O–H groups in total. The minimum Gasteiger partial charge on any atom is -0.412 e. The van der Waals surface area contributed by atoms with E-state index in [1.807, 2.05) is 18.3 Å². The highest BCUT2D eigenvalue weighted by Gasteiger charge is 2.49. The van der Waals surface area contributed by atoms with Crippen molar-refractivity contribution < 1.29 is 10.3 Å². The van der Waals surface area contributed by atoms with Crippen molar-refractivity contribution in [3.05, 3.63) is 30.0 Å². The van der Waals surface area contributed by atoms with Crippen LogP contribution in [0.4, 0.5) is 5.82 Å². The normalized spacial score (nSPS) is 24.3. The second-order valence-electron chi connectivity index (χ2n) is 9.52. The molecule has 1 saturated carbocycles. The summed E-state index contributed by atoms with van der Waals surface area (Å²) in [4.78, 5) is 19.8. The van der Waals surface area contributed by atoms with Crippen LogP contribution in [0.25, 0.3) is 5.70 Å². The maximum Gasteiger partial charge on any atom is 0.137 e. The summed E-state index contributed by atoms with van der Waals surface area (Å²) in [5.74, 6) is 0.989. The quantitative estimate of drug-likeness (QED) is 0.645. The molecular formula is C24H40N6O2. The van der Waals surface area contributed by atoms with Gasteiger partial charge in [-0.3, -0.25) is 14.7 Å². The number of aromatic nitrogens is 1. The Bertz CT molecular complexity index is 797. The second-order valence-corrected chi connectivity index (χ2v) is 9.52. The Balaban J connectivity index is 0.00000289. The predicted octanol–water partition coefficient (Wildman–Crippen LogP) is 1.96. The van der Waals surface area contributed by atoms with Gasteiger partial charge in [-0.15, -0.1) is 0 Å². The van der Waals surface area contributed by atoms with Crippen molar-refractivity contribution in [2.24, 2.45) is 16.1 Å². The number of anilines is 1. The highest BCUT2D eigenvalue weighted by molar-refractivity contribution is 5.86. The minimum absolute atomic E-state index is 0. The van der Waals surface area contributed by atoms with E-state index >= 15 is 0 Å². The molecule has 3 fully saturated rings. The zero-order valence-corrected chi connectivity index (χ0v) is 19.8. The van der Waals surface area contributed by atoms with Crippen LogP contribution < -0.4 is 10.6 Å². The lowest BCUT2D eigenvalue weighted by Gasteiger charge is -2.47. The first-order chi connectivity index (χ1) is 15.0. The van der Waals surface area contributed by atoms with Gasteiger partial charge in [0.05, 0.1) is 6.61 Å². The summed E-state index contributed by atoms with van der Waals surface area (Å²) in [6.07, 6.45) is 9.53. The lowest BCUT2D eigenvalue weighted by atomic mass is 9.79. The summed E-state index contributed by atoms with van der Waals surface area (Å²) >= 11 is 0. The Labute approximate surface area is 192 Å². The van der Waals surface area contributed by atoms with E-state index < -0.39 is 0 Å². The van der Waals surface area contributed by atoms with E-state index in [0.717, 1.165) is 63.0 Å². The maximum absolute atomic E-state index is 6.38. The molecule has 4 rings (SSSR count). The van der Waals surface area contributed by atoms with Crippen molar-refractivity contribution in [3.63, 3.8) is 0 Å². The Morgan fingerprint density at radius 3 is 2.75 bits per heavy atom. The zero-order valence-electron chi connectivity index (χ0n) is 19.8. The minimum atomic E-state index is 0. The van der Waals surface area contributed by atoms with E-state index in [9.17, 15) is 0 Å². The molecule has 0 unspecified atom stereocenters. The summed E-state index contributed by atoms with van der Waals surface area (Å²) in [5, 5.41) is 2.15. The second kappa shape index (κ2) is 10.7. The van der Waals surface area contributed by atoms with Crippen LogP contribution in [0.3, 0.4) is 0 Å². The van der Waals surface area contributed by atoms with Gasteiger partial charge in [-0.2, -0.15) is 5.06 Å². The first-order valence-corrected chi connectivity index (χ1v) is 11.8. The number of nitrogens with zero attached hydrogens (tertiary/aromatic N) is 5. The third-order valence-electron chi connectivity index (χ3n) is 6.88. The number of hydrogen-bond acceptors (Lipinski definition) is 7. The number of hydrogen-bond donors (Lipinski definition) is 1. The zero-order chi connectivity index (χ0) is 21.8. The Kier molecular flexibility index (Phi) is 8.27. The Hall–Kier alpha value is -2.00. The van der Waals surface area contributed by atoms with Gasteiger partial charge < -0.3 is 16.1 Å². The van der Waals surface area contributed by atoms with Gasteiger partial charge in [-0.1, -0.05) is 0 Å².